The summed E-state index contributed by atoms with van der Waals surface area (Å²) in [6.07, 6.45) is -9.12. The van der Waals surface area contributed by atoms with E-state index < -0.39 is 46.8 Å². The molecule has 0 aliphatic heterocycles. The van der Waals surface area contributed by atoms with E-state index in [1.807, 2.05) is 0 Å². The van der Waals surface area contributed by atoms with Crippen LogP contribution in [0, 0.1) is 0 Å². The highest BCUT2D eigenvalue weighted by atomic mass is 79.9. The smallest absolute Gasteiger partial charge is 0.481 e. The maximum absolute atomic E-state index is 12.5. The van der Waals surface area contributed by atoms with Crippen molar-refractivity contribution in [3.63, 3.8) is 0 Å². The van der Waals surface area contributed by atoms with E-state index in [2.05, 4.69) is 25.7 Å². The Balaban J connectivity index is 3.28. The van der Waals surface area contributed by atoms with Crippen LogP contribution in [0.2, 0.25) is 0 Å². The zero-order valence-corrected chi connectivity index (χ0v) is 10.4. The van der Waals surface area contributed by atoms with Crippen molar-refractivity contribution in [2.24, 2.45) is 0 Å². The first-order valence-electron chi connectivity index (χ1n) is 4.55. The number of carboxylic acids is 1. The van der Waals surface area contributed by atoms with Gasteiger partial charge in [0.05, 0.1) is 17.7 Å². The van der Waals surface area contributed by atoms with Crippen molar-refractivity contribution in [2.45, 2.75) is 19.2 Å². The minimum absolute atomic E-state index is 0.410. The first kappa shape index (κ1) is 15.6. The van der Waals surface area contributed by atoms with E-state index in [1.165, 1.54) is 0 Å². The molecule has 0 radical (unpaired) electrons. The molecule has 0 bridgehead atoms. The van der Waals surface area contributed by atoms with Crippen LogP contribution in [-0.2, 0) is 11.2 Å². The number of rotatable bonds is 4. The maximum Gasteiger partial charge on any atom is 0.573 e. The van der Waals surface area contributed by atoms with Crippen LogP contribution in [0.15, 0.2) is 10.7 Å². The van der Waals surface area contributed by atoms with Gasteiger partial charge in [-0.3, -0.25) is 4.79 Å². The summed E-state index contributed by atoms with van der Waals surface area (Å²) >= 11 is 2.63. The molecule has 1 N–H and O–H groups in total. The van der Waals surface area contributed by atoms with E-state index in [9.17, 15) is 26.7 Å². The van der Waals surface area contributed by atoms with Gasteiger partial charge in [0.2, 0.25) is 0 Å². The fourth-order valence-electron chi connectivity index (χ4n) is 1.16. The van der Waals surface area contributed by atoms with Crippen LogP contribution < -0.4 is 4.74 Å². The Bertz CT molecular complexity index is 491. The van der Waals surface area contributed by atoms with E-state index in [0.717, 1.165) is 0 Å². The molecule has 106 valence electrons. The molecular weight excluding hydrogens is 345 g/mol. The third-order valence-corrected chi connectivity index (χ3v) is 2.46. The van der Waals surface area contributed by atoms with E-state index in [0.29, 0.717) is 6.07 Å². The summed E-state index contributed by atoms with van der Waals surface area (Å²) in [4.78, 5) is 13.8. The van der Waals surface area contributed by atoms with E-state index in [-0.39, 0.29) is 0 Å². The molecule has 0 fully saturated rings. The van der Waals surface area contributed by atoms with Gasteiger partial charge >= 0.3 is 12.3 Å². The van der Waals surface area contributed by atoms with Crippen LogP contribution >= 0.6 is 15.9 Å². The van der Waals surface area contributed by atoms with Gasteiger partial charge in [-0.25, -0.2) is 13.8 Å². The number of hydrogen-bond acceptors (Lipinski definition) is 3. The molecule has 1 heterocycles. The van der Waals surface area contributed by atoms with Crippen molar-refractivity contribution in [3.8, 4) is 5.75 Å². The standard InChI is InChI=1S/C9H5BrF5NO3/c10-7-3(8(11)12)1-5(19-9(13,14)15)4(16-7)2-6(17)18/h1,8H,2H2,(H,17,18). The number of hydrogen-bond donors (Lipinski definition) is 1. The molecule has 0 saturated carbocycles. The first-order chi connectivity index (χ1) is 8.60. The number of ether oxygens (including phenoxy) is 1. The largest absolute Gasteiger partial charge is 0.573 e. The number of carbonyl (C=O) groups is 1. The van der Waals surface area contributed by atoms with Gasteiger partial charge in [-0.15, -0.1) is 13.2 Å². The summed E-state index contributed by atoms with van der Waals surface area (Å²) in [5, 5.41) is 8.52. The first-order valence-corrected chi connectivity index (χ1v) is 5.34. The third kappa shape index (κ3) is 4.62. The van der Waals surface area contributed by atoms with Crippen LogP contribution in [0.25, 0.3) is 0 Å². The van der Waals surface area contributed by atoms with Crippen LogP contribution in [-0.4, -0.2) is 22.4 Å². The van der Waals surface area contributed by atoms with Crippen molar-refractivity contribution < 1.29 is 36.6 Å². The van der Waals surface area contributed by atoms with Crippen molar-refractivity contribution in [1.82, 2.24) is 4.98 Å². The summed E-state index contributed by atoms with van der Waals surface area (Å²) in [5.74, 6) is -2.54. The fourth-order valence-corrected chi connectivity index (χ4v) is 1.66. The second-order valence-electron chi connectivity index (χ2n) is 3.23. The number of alkyl halides is 5. The Morgan fingerprint density at radius 3 is 2.47 bits per heavy atom. The predicted octanol–water partition coefficient (Wildman–Crippen LogP) is 3.31. The Kier molecular flexibility index (Phi) is 4.66. The molecule has 0 spiro atoms. The van der Waals surface area contributed by atoms with Gasteiger partial charge in [-0.2, -0.15) is 0 Å². The monoisotopic (exact) mass is 349 g/mol. The van der Waals surface area contributed by atoms with Crippen LogP contribution in [0.5, 0.6) is 5.75 Å². The lowest BCUT2D eigenvalue weighted by Gasteiger charge is -2.14. The molecule has 1 aromatic rings. The summed E-state index contributed by atoms with van der Waals surface area (Å²) in [6.45, 7) is 0. The van der Waals surface area contributed by atoms with Gasteiger partial charge in [-0.05, 0) is 22.0 Å². The van der Waals surface area contributed by atoms with E-state index in [1.54, 1.807) is 0 Å². The van der Waals surface area contributed by atoms with Gasteiger partial charge in [0.1, 0.15) is 4.60 Å². The highest BCUT2D eigenvalue weighted by Crippen LogP contribution is 2.34. The van der Waals surface area contributed by atoms with Gasteiger partial charge in [0.25, 0.3) is 6.43 Å². The number of aliphatic carboxylic acids is 1. The number of halogens is 6. The Morgan fingerprint density at radius 1 is 1.47 bits per heavy atom. The summed E-state index contributed by atoms with van der Waals surface area (Å²) in [7, 11) is 0. The van der Waals surface area contributed by atoms with E-state index in [4.69, 9.17) is 5.11 Å². The average Bonchev–Trinajstić information content (AvgIpc) is 2.18. The quantitative estimate of drug-likeness (QED) is 0.669. The Labute approximate surface area is 111 Å². The lowest BCUT2D eigenvalue weighted by molar-refractivity contribution is -0.275. The topological polar surface area (TPSA) is 59.4 Å². The van der Waals surface area contributed by atoms with Crippen LogP contribution in [0.4, 0.5) is 22.0 Å². The molecule has 1 rings (SSSR count). The Morgan fingerprint density at radius 2 is 2.05 bits per heavy atom. The molecular formula is C9H5BrF5NO3. The SMILES string of the molecule is O=C(O)Cc1nc(Br)c(C(F)F)cc1OC(F)(F)F. The van der Waals surface area contributed by atoms with Crippen molar-refractivity contribution in [3.05, 3.63) is 21.9 Å². The molecule has 19 heavy (non-hydrogen) atoms. The third-order valence-electron chi connectivity index (χ3n) is 1.82. The molecule has 10 heteroatoms. The fraction of sp³-hybridized carbons (Fsp3) is 0.333. The highest BCUT2D eigenvalue weighted by Gasteiger charge is 2.33. The van der Waals surface area contributed by atoms with Crippen molar-refractivity contribution >= 4 is 21.9 Å². The second kappa shape index (κ2) is 5.68. The lowest BCUT2D eigenvalue weighted by atomic mass is 10.2. The molecule has 0 aliphatic rings. The van der Waals surface area contributed by atoms with Gasteiger partial charge in [0, 0.05) is 0 Å². The summed E-state index contributed by atoms with van der Waals surface area (Å²) in [6, 6.07) is 0.410. The zero-order chi connectivity index (χ0) is 14.8. The number of pyridine rings is 1. The number of aromatic nitrogens is 1. The Hall–Kier alpha value is -1.45. The van der Waals surface area contributed by atoms with Gasteiger partial charge < -0.3 is 9.84 Å². The minimum Gasteiger partial charge on any atom is -0.481 e. The van der Waals surface area contributed by atoms with Crippen molar-refractivity contribution in [2.75, 3.05) is 0 Å². The molecule has 0 unspecified atom stereocenters. The lowest BCUT2D eigenvalue weighted by Crippen LogP contribution is -2.19. The van der Waals surface area contributed by atoms with Gasteiger partial charge in [-0.1, -0.05) is 0 Å². The molecule has 0 amide bonds. The van der Waals surface area contributed by atoms with E-state index >= 15 is 0 Å². The summed E-state index contributed by atoms with van der Waals surface area (Å²) < 4.78 is 64.4. The second-order valence-corrected chi connectivity index (χ2v) is 3.98. The van der Waals surface area contributed by atoms with Crippen molar-refractivity contribution in [1.29, 1.82) is 0 Å². The molecule has 0 saturated heterocycles. The highest BCUT2D eigenvalue weighted by molar-refractivity contribution is 9.10. The predicted molar refractivity (Wildman–Crippen MR) is 54.9 cm³/mol. The molecule has 4 nitrogen and oxygen atoms in total. The molecule has 0 atom stereocenters. The maximum atomic E-state index is 12.5. The molecule has 1 aromatic heterocycles. The summed E-state index contributed by atoms with van der Waals surface area (Å²) in [5.41, 5.74) is -1.44. The molecule has 0 aliphatic carbocycles. The van der Waals surface area contributed by atoms with Crippen LogP contribution in [0.3, 0.4) is 0 Å². The number of nitrogens with zero attached hydrogens (tertiary/aromatic N) is 1. The average molecular weight is 350 g/mol. The van der Waals surface area contributed by atoms with Crippen LogP contribution in [0.1, 0.15) is 17.7 Å². The minimum atomic E-state index is -5.14. The number of carboxylic acid groups (broad SMARTS) is 1. The zero-order valence-electron chi connectivity index (χ0n) is 8.84. The van der Waals surface area contributed by atoms with Gasteiger partial charge in [0.15, 0.2) is 5.75 Å². The molecule has 0 aromatic carbocycles. The normalized spacial score (nSPS) is 11.7.